The standard InChI is InChI=1S/C15H19Cl2NO2S/c1-10(19)11-3-2-6-18(8-11)15(20)9-21-14-7-12(16)4-5-13(14)17/h4-5,7,10-11,19H,2-3,6,8-9H2,1H3. The van der Waals surface area contributed by atoms with E-state index in [-0.39, 0.29) is 17.9 Å². The Morgan fingerprint density at radius 1 is 1.52 bits per heavy atom. The van der Waals surface area contributed by atoms with E-state index in [0.717, 1.165) is 24.3 Å². The molecule has 1 aromatic carbocycles. The lowest BCUT2D eigenvalue weighted by atomic mass is 9.93. The van der Waals surface area contributed by atoms with Gasteiger partial charge in [-0.3, -0.25) is 4.79 Å². The molecule has 1 heterocycles. The van der Waals surface area contributed by atoms with Crippen LogP contribution in [-0.2, 0) is 4.79 Å². The number of hydrogen-bond donors (Lipinski definition) is 1. The summed E-state index contributed by atoms with van der Waals surface area (Å²) in [7, 11) is 0. The van der Waals surface area contributed by atoms with Crippen LogP contribution < -0.4 is 0 Å². The number of thioether (sulfide) groups is 1. The predicted molar refractivity (Wildman–Crippen MR) is 88.2 cm³/mol. The predicted octanol–water partition coefficient (Wildman–Crippen LogP) is 3.70. The Hall–Kier alpha value is -0.420. The number of hydrogen-bond acceptors (Lipinski definition) is 3. The van der Waals surface area contributed by atoms with Gasteiger partial charge in [0.1, 0.15) is 0 Å². The molecular weight excluding hydrogens is 329 g/mol. The van der Waals surface area contributed by atoms with Crippen molar-refractivity contribution < 1.29 is 9.90 Å². The number of amides is 1. The van der Waals surface area contributed by atoms with Crippen molar-refractivity contribution >= 4 is 40.9 Å². The second-order valence-electron chi connectivity index (χ2n) is 5.35. The number of carbonyl (C=O) groups is 1. The van der Waals surface area contributed by atoms with Crippen molar-refractivity contribution in [3.05, 3.63) is 28.2 Å². The first-order chi connectivity index (χ1) is 9.97. The molecule has 3 nitrogen and oxygen atoms in total. The zero-order valence-electron chi connectivity index (χ0n) is 11.9. The second-order valence-corrected chi connectivity index (χ2v) is 7.21. The highest BCUT2D eigenvalue weighted by Crippen LogP contribution is 2.30. The van der Waals surface area contributed by atoms with E-state index in [1.807, 2.05) is 4.90 Å². The zero-order chi connectivity index (χ0) is 15.4. The zero-order valence-corrected chi connectivity index (χ0v) is 14.2. The molecule has 1 aliphatic heterocycles. The van der Waals surface area contributed by atoms with Gasteiger partial charge in [-0.2, -0.15) is 0 Å². The van der Waals surface area contributed by atoms with Gasteiger partial charge in [0.2, 0.25) is 5.91 Å². The van der Waals surface area contributed by atoms with Crippen LogP contribution in [0.5, 0.6) is 0 Å². The van der Waals surface area contributed by atoms with Crippen LogP contribution >= 0.6 is 35.0 Å². The molecule has 21 heavy (non-hydrogen) atoms. The van der Waals surface area contributed by atoms with Crippen LogP contribution in [0.4, 0.5) is 0 Å². The fourth-order valence-electron chi connectivity index (χ4n) is 2.45. The van der Waals surface area contributed by atoms with Gasteiger partial charge >= 0.3 is 0 Å². The third kappa shape index (κ3) is 4.78. The Morgan fingerprint density at radius 3 is 3.00 bits per heavy atom. The van der Waals surface area contributed by atoms with Crippen LogP contribution in [0, 0.1) is 5.92 Å². The average Bonchev–Trinajstić information content (AvgIpc) is 2.48. The van der Waals surface area contributed by atoms with Crippen LogP contribution in [0.1, 0.15) is 19.8 Å². The first-order valence-corrected chi connectivity index (χ1v) is 8.75. The number of piperidine rings is 1. The van der Waals surface area contributed by atoms with Crippen molar-refractivity contribution in [2.75, 3.05) is 18.8 Å². The smallest absolute Gasteiger partial charge is 0.232 e. The summed E-state index contributed by atoms with van der Waals surface area (Å²) in [4.78, 5) is 14.9. The van der Waals surface area contributed by atoms with Crippen molar-refractivity contribution in [1.29, 1.82) is 0 Å². The quantitative estimate of drug-likeness (QED) is 0.844. The summed E-state index contributed by atoms with van der Waals surface area (Å²) in [5, 5.41) is 10.9. The lowest BCUT2D eigenvalue weighted by Gasteiger charge is -2.34. The van der Waals surface area contributed by atoms with E-state index < -0.39 is 0 Å². The molecule has 6 heteroatoms. The van der Waals surface area contributed by atoms with Crippen molar-refractivity contribution in [3.63, 3.8) is 0 Å². The fourth-order valence-corrected chi connectivity index (χ4v) is 3.84. The molecule has 1 aromatic rings. The van der Waals surface area contributed by atoms with Gasteiger partial charge in [-0.25, -0.2) is 0 Å². The Bertz CT molecular complexity index is 510. The summed E-state index contributed by atoms with van der Waals surface area (Å²) >= 11 is 13.4. The first-order valence-electron chi connectivity index (χ1n) is 7.01. The lowest BCUT2D eigenvalue weighted by Crippen LogP contribution is -2.43. The maximum absolute atomic E-state index is 12.3. The summed E-state index contributed by atoms with van der Waals surface area (Å²) < 4.78 is 0. The highest BCUT2D eigenvalue weighted by Gasteiger charge is 2.26. The van der Waals surface area contributed by atoms with Crippen molar-refractivity contribution in [3.8, 4) is 0 Å². The molecule has 1 fully saturated rings. The van der Waals surface area contributed by atoms with Gasteiger partial charge in [-0.15, -0.1) is 11.8 Å². The van der Waals surface area contributed by atoms with Crippen molar-refractivity contribution in [2.45, 2.75) is 30.8 Å². The normalized spacial score (nSPS) is 20.4. The van der Waals surface area contributed by atoms with Gasteiger partial charge in [0.05, 0.1) is 16.9 Å². The van der Waals surface area contributed by atoms with Gasteiger partial charge in [0.25, 0.3) is 0 Å². The van der Waals surface area contributed by atoms with E-state index in [4.69, 9.17) is 23.2 Å². The summed E-state index contributed by atoms with van der Waals surface area (Å²) in [6, 6.07) is 5.24. The minimum absolute atomic E-state index is 0.0846. The Labute approximate surface area is 139 Å². The second kappa shape index (κ2) is 7.73. The summed E-state index contributed by atoms with van der Waals surface area (Å²) in [6.07, 6.45) is 1.56. The number of benzene rings is 1. The van der Waals surface area contributed by atoms with Crippen molar-refractivity contribution in [1.82, 2.24) is 4.90 Å². The molecule has 1 amide bonds. The summed E-state index contributed by atoms with van der Waals surface area (Å²) in [6.45, 7) is 3.20. The monoisotopic (exact) mass is 347 g/mol. The van der Waals surface area contributed by atoms with Gasteiger partial charge < -0.3 is 10.0 Å². The molecule has 0 aromatic heterocycles. The molecule has 0 radical (unpaired) electrons. The highest BCUT2D eigenvalue weighted by molar-refractivity contribution is 8.00. The topological polar surface area (TPSA) is 40.5 Å². The lowest BCUT2D eigenvalue weighted by molar-refractivity contribution is -0.130. The Balaban J connectivity index is 1.91. The maximum Gasteiger partial charge on any atom is 0.232 e. The van der Waals surface area contributed by atoms with Crippen LogP contribution in [0.3, 0.4) is 0 Å². The van der Waals surface area contributed by atoms with E-state index in [1.54, 1.807) is 25.1 Å². The molecular formula is C15H19Cl2NO2S. The minimum Gasteiger partial charge on any atom is -0.393 e. The molecule has 1 N–H and O–H groups in total. The molecule has 0 spiro atoms. The summed E-state index contributed by atoms with van der Waals surface area (Å²) in [5.74, 6) is 0.607. The number of nitrogens with zero attached hydrogens (tertiary/aromatic N) is 1. The molecule has 1 saturated heterocycles. The number of aliphatic hydroxyl groups is 1. The fraction of sp³-hybridized carbons (Fsp3) is 0.533. The van der Waals surface area contributed by atoms with Gasteiger partial charge in [-0.1, -0.05) is 23.2 Å². The van der Waals surface area contributed by atoms with E-state index in [0.29, 0.717) is 22.3 Å². The van der Waals surface area contributed by atoms with Crippen LogP contribution in [-0.4, -0.2) is 40.9 Å². The molecule has 0 aliphatic carbocycles. The third-order valence-electron chi connectivity index (χ3n) is 3.74. The van der Waals surface area contributed by atoms with Crippen LogP contribution in [0.15, 0.2) is 23.1 Å². The molecule has 0 saturated carbocycles. The van der Waals surface area contributed by atoms with Gasteiger partial charge in [-0.05, 0) is 38.0 Å². The molecule has 1 aliphatic rings. The van der Waals surface area contributed by atoms with E-state index in [9.17, 15) is 9.90 Å². The van der Waals surface area contributed by atoms with Crippen molar-refractivity contribution in [2.24, 2.45) is 5.92 Å². The van der Waals surface area contributed by atoms with Crippen LogP contribution in [0.25, 0.3) is 0 Å². The molecule has 2 atom stereocenters. The van der Waals surface area contributed by atoms with E-state index >= 15 is 0 Å². The number of halogens is 2. The number of likely N-dealkylation sites (tertiary alicyclic amines) is 1. The third-order valence-corrected chi connectivity index (χ3v) is 5.45. The van der Waals surface area contributed by atoms with E-state index in [1.165, 1.54) is 11.8 Å². The maximum atomic E-state index is 12.3. The SMILES string of the molecule is CC(O)C1CCCN(C(=O)CSc2cc(Cl)ccc2Cl)C1. The average molecular weight is 348 g/mol. The first kappa shape index (κ1) is 16.9. The largest absolute Gasteiger partial charge is 0.393 e. The van der Waals surface area contributed by atoms with Gasteiger partial charge in [0, 0.05) is 28.9 Å². The number of aliphatic hydroxyl groups excluding tert-OH is 1. The summed E-state index contributed by atoms with van der Waals surface area (Å²) in [5.41, 5.74) is 0. The molecule has 2 rings (SSSR count). The van der Waals surface area contributed by atoms with E-state index in [2.05, 4.69) is 0 Å². The molecule has 116 valence electrons. The van der Waals surface area contributed by atoms with Crippen LogP contribution in [0.2, 0.25) is 10.0 Å². The highest BCUT2D eigenvalue weighted by atomic mass is 35.5. The number of carbonyl (C=O) groups excluding carboxylic acids is 1. The number of rotatable bonds is 4. The Morgan fingerprint density at radius 2 is 2.29 bits per heavy atom. The van der Waals surface area contributed by atoms with Gasteiger partial charge in [0.15, 0.2) is 0 Å². The Kier molecular flexibility index (Phi) is 6.23. The minimum atomic E-state index is -0.365. The molecule has 2 unspecified atom stereocenters. The molecule has 0 bridgehead atoms.